The number of nitrogens with one attached hydrogen (secondary N) is 1. The molecule has 2 N–H and O–H groups in total. The molecule has 3 rings (SSSR count). The second-order valence-electron chi connectivity index (χ2n) is 9.25. The zero-order valence-corrected chi connectivity index (χ0v) is 20.0. The highest BCUT2D eigenvalue weighted by Gasteiger charge is 2.29. The molecular formula is C24H31FN2O4Si. The average Bonchev–Trinajstić information content (AvgIpc) is 3.17. The number of likely N-dealkylation sites (tertiary alicyclic amines) is 1. The number of urea groups is 1. The minimum atomic E-state index is -1.82. The number of rotatable bonds is 7. The average molecular weight is 459 g/mol. The van der Waals surface area contributed by atoms with Gasteiger partial charge >= 0.3 is 6.03 Å². The molecule has 1 fully saturated rings. The normalized spacial score (nSPS) is 17.2. The molecular weight excluding hydrogens is 427 g/mol. The Bertz CT molecular complexity index is 975. The van der Waals surface area contributed by atoms with Gasteiger partial charge in [-0.3, -0.25) is 4.79 Å². The maximum absolute atomic E-state index is 14.7. The molecule has 1 aliphatic rings. The lowest BCUT2D eigenvalue weighted by atomic mass is 9.97. The number of methoxy groups -OCH3 is 1. The summed E-state index contributed by atoms with van der Waals surface area (Å²) in [6, 6.07) is 10.6. The smallest absolute Gasteiger partial charge is 0.318 e. The van der Waals surface area contributed by atoms with E-state index >= 15 is 0 Å². The molecule has 0 saturated carbocycles. The molecule has 0 unspecified atom stereocenters. The third kappa shape index (κ3) is 5.75. The minimum absolute atomic E-state index is 0.0114. The molecule has 1 aliphatic heterocycles. The summed E-state index contributed by atoms with van der Waals surface area (Å²) in [5.41, 5.74) is 1.18. The van der Waals surface area contributed by atoms with Gasteiger partial charge in [-0.25, -0.2) is 9.18 Å². The molecule has 6 nitrogen and oxygen atoms in total. The van der Waals surface area contributed by atoms with E-state index in [1.54, 1.807) is 43.5 Å². The first kappa shape index (κ1) is 23.9. The number of carbonyl (C=O) groups excluding carboxylic acids is 2. The van der Waals surface area contributed by atoms with Crippen molar-refractivity contribution in [2.45, 2.75) is 44.6 Å². The number of hydrogen-bond donors (Lipinski definition) is 2. The first-order valence-corrected chi connectivity index (χ1v) is 14.3. The number of aliphatic hydroxyl groups excluding tert-OH is 1. The Hall–Kier alpha value is -2.71. The predicted octanol–water partition coefficient (Wildman–Crippen LogP) is 3.01. The van der Waals surface area contributed by atoms with Crippen molar-refractivity contribution in [2.24, 2.45) is 0 Å². The standard InChI is InChI=1S/C24H31FN2O4Si/c1-31-19-8-6-17(7-9-19)23(26-24(30)27-12-11-18(28)15-27)21(29)14-16-5-10-22(20(25)13-16)32(2,3)4/h5-10,13,18,23,28H,11-12,14-15H2,1-4H3,(H,26,30)/t18-,23-/m1/s1. The first-order chi connectivity index (χ1) is 15.1. The predicted molar refractivity (Wildman–Crippen MR) is 125 cm³/mol. The summed E-state index contributed by atoms with van der Waals surface area (Å²) in [5, 5.41) is 13.3. The summed E-state index contributed by atoms with van der Waals surface area (Å²) < 4.78 is 19.8. The zero-order valence-electron chi connectivity index (χ0n) is 19.0. The maximum Gasteiger partial charge on any atom is 0.318 e. The van der Waals surface area contributed by atoms with Gasteiger partial charge in [-0.1, -0.05) is 43.9 Å². The van der Waals surface area contributed by atoms with Gasteiger partial charge in [0.25, 0.3) is 0 Å². The Labute approximate surface area is 189 Å². The second kappa shape index (κ2) is 9.83. The van der Waals surface area contributed by atoms with Crippen molar-refractivity contribution in [1.82, 2.24) is 10.2 Å². The van der Waals surface area contributed by atoms with Gasteiger partial charge in [0.1, 0.15) is 17.6 Å². The lowest BCUT2D eigenvalue weighted by Crippen LogP contribution is -2.43. The Morgan fingerprint density at radius 1 is 1.22 bits per heavy atom. The number of carbonyl (C=O) groups is 2. The van der Waals surface area contributed by atoms with Gasteiger partial charge in [0.15, 0.2) is 5.78 Å². The van der Waals surface area contributed by atoms with Crippen LogP contribution >= 0.6 is 0 Å². The Morgan fingerprint density at radius 2 is 1.91 bits per heavy atom. The van der Waals surface area contributed by atoms with Crippen LogP contribution in [0.2, 0.25) is 19.6 Å². The molecule has 2 amide bonds. The van der Waals surface area contributed by atoms with Crippen LogP contribution in [0.4, 0.5) is 9.18 Å². The van der Waals surface area contributed by atoms with E-state index < -0.39 is 26.3 Å². The summed E-state index contributed by atoms with van der Waals surface area (Å²) in [6.45, 7) is 6.88. The number of ketones is 1. The number of ether oxygens (including phenoxy) is 1. The van der Waals surface area contributed by atoms with Gasteiger partial charge in [0.2, 0.25) is 0 Å². The summed E-state index contributed by atoms with van der Waals surface area (Å²) >= 11 is 0. The first-order valence-electron chi connectivity index (χ1n) is 10.8. The molecule has 172 valence electrons. The van der Waals surface area contributed by atoms with Crippen LogP contribution in [-0.4, -0.2) is 56.2 Å². The van der Waals surface area contributed by atoms with Crippen LogP contribution in [-0.2, 0) is 11.2 Å². The number of aliphatic hydroxyl groups is 1. The molecule has 32 heavy (non-hydrogen) atoms. The minimum Gasteiger partial charge on any atom is -0.497 e. The van der Waals surface area contributed by atoms with Crippen molar-refractivity contribution in [3.8, 4) is 5.75 Å². The van der Waals surface area contributed by atoms with Gasteiger partial charge in [-0.2, -0.15) is 0 Å². The number of amides is 2. The van der Waals surface area contributed by atoms with Gasteiger partial charge in [-0.05, 0) is 40.9 Å². The number of halogens is 1. The molecule has 1 heterocycles. The highest BCUT2D eigenvalue weighted by atomic mass is 28.3. The fraction of sp³-hybridized carbons (Fsp3) is 0.417. The van der Waals surface area contributed by atoms with Gasteiger partial charge in [0, 0.05) is 19.5 Å². The van der Waals surface area contributed by atoms with E-state index in [2.05, 4.69) is 25.0 Å². The number of benzene rings is 2. The molecule has 8 heteroatoms. The van der Waals surface area contributed by atoms with Crippen LogP contribution in [0.5, 0.6) is 5.75 Å². The van der Waals surface area contributed by atoms with Crippen molar-refractivity contribution in [2.75, 3.05) is 20.2 Å². The maximum atomic E-state index is 14.7. The van der Waals surface area contributed by atoms with Crippen molar-refractivity contribution >= 4 is 25.1 Å². The summed E-state index contributed by atoms with van der Waals surface area (Å²) in [4.78, 5) is 27.5. The van der Waals surface area contributed by atoms with E-state index in [-0.39, 0.29) is 24.6 Å². The fourth-order valence-electron chi connectivity index (χ4n) is 3.87. The number of Topliss-reactive ketones (excluding diaryl/α,β-unsaturated/α-hetero) is 1. The second-order valence-corrected chi connectivity index (χ2v) is 14.3. The van der Waals surface area contributed by atoms with E-state index in [0.717, 1.165) is 5.19 Å². The number of nitrogens with zero attached hydrogens (tertiary/aromatic N) is 1. The fourth-order valence-corrected chi connectivity index (χ4v) is 5.24. The Balaban J connectivity index is 1.82. The van der Waals surface area contributed by atoms with Crippen molar-refractivity contribution in [3.63, 3.8) is 0 Å². The van der Waals surface area contributed by atoms with Crippen LogP contribution in [0.15, 0.2) is 42.5 Å². The van der Waals surface area contributed by atoms with Gasteiger partial charge in [-0.15, -0.1) is 0 Å². The van der Waals surface area contributed by atoms with Crippen molar-refractivity contribution in [3.05, 3.63) is 59.4 Å². The van der Waals surface area contributed by atoms with Crippen LogP contribution in [0.25, 0.3) is 0 Å². The van der Waals surface area contributed by atoms with Crippen molar-refractivity contribution < 1.29 is 23.8 Å². The van der Waals surface area contributed by atoms with Gasteiger partial charge < -0.3 is 20.1 Å². The van der Waals surface area contributed by atoms with Crippen LogP contribution < -0.4 is 15.2 Å². The Kier molecular flexibility index (Phi) is 7.35. The SMILES string of the molecule is COc1ccc([C@@H](NC(=O)N2CC[C@@H](O)C2)C(=O)Cc2ccc([Si](C)(C)C)c(F)c2)cc1. The summed E-state index contributed by atoms with van der Waals surface area (Å²) in [7, 11) is -0.269. The van der Waals surface area contributed by atoms with E-state index in [4.69, 9.17) is 4.74 Å². The molecule has 0 aromatic heterocycles. The molecule has 2 aromatic carbocycles. The largest absolute Gasteiger partial charge is 0.497 e. The lowest BCUT2D eigenvalue weighted by molar-refractivity contribution is -0.120. The Morgan fingerprint density at radius 3 is 2.44 bits per heavy atom. The highest BCUT2D eigenvalue weighted by molar-refractivity contribution is 6.88. The third-order valence-electron chi connectivity index (χ3n) is 5.71. The van der Waals surface area contributed by atoms with Crippen molar-refractivity contribution in [1.29, 1.82) is 0 Å². The third-order valence-corrected chi connectivity index (χ3v) is 7.73. The molecule has 2 aromatic rings. The van der Waals surface area contributed by atoms with Crippen LogP contribution in [0.3, 0.4) is 0 Å². The van der Waals surface area contributed by atoms with Gasteiger partial charge in [0.05, 0.1) is 21.3 Å². The molecule has 0 spiro atoms. The molecule has 1 saturated heterocycles. The highest BCUT2D eigenvalue weighted by Crippen LogP contribution is 2.22. The monoisotopic (exact) mass is 458 g/mol. The quantitative estimate of drug-likeness (QED) is 0.625. The van der Waals surface area contributed by atoms with Crippen LogP contribution in [0.1, 0.15) is 23.6 Å². The molecule has 0 aliphatic carbocycles. The van der Waals surface area contributed by atoms with E-state index in [1.165, 1.54) is 11.0 Å². The summed E-state index contributed by atoms with van der Waals surface area (Å²) in [6.07, 6.45) is -0.0523. The lowest BCUT2D eigenvalue weighted by Gasteiger charge is -2.23. The number of β-amino-alcohol motifs (C(OH)–C–C–N with tert-alkyl or cyclic N) is 1. The number of hydrogen-bond acceptors (Lipinski definition) is 4. The summed E-state index contributed by atoms with van der Waals surface area (Å²) in [5.74, 6) is 0.104. The zero-order chi connectivity index (χ0) is 23.5. The molecule has 0 bridgehead atoms. The van der Waals surface area contributed by atoms with E-state index in [1.807, 2.05) is 0 Å². The van der Waals surface area contributed by atoms with Crippen LogP contribution in [0, 0.1) is 5.82 Å². The molecule has 0 radical (unpaired) electrons. The molecule has 2 atom stereocenters. The van der Waals surface area contributed by atoms with E-state index in [9.17, 15) is 19.1 Å². The topological polar surface area (TPSA) is 78.9 Å². The van der Waals surface area contributed by atoms with E-state index in [0.29, 0.717) is 29.8 Å².